The van der Waals surface area contributed by atoms with Gasteiger partial charge in [-0.3, -0.25) is 9.48 Å². The van der Waals surface area contributed by atoms with Gasteiger partial charge in [0.2, 0.25) is 0 Å². The Morgan fingerprint density at radius 3 is 2.61 bits per heavy atom. The molecular formula is C14H21ClN2O. The van der Waals surface area contributed by atoms with E-state index in [4.69, 9.17) is 11.6 Å². The van der Waals surface area contributed by atoms with Crippen LogP contribution >= 0.6 is 11.6 Å². The highest BCUT2D eigenvalue weighted by atomic mass is 35.5. The second kappa shape index (κ2) is 5.87. The lowest BCUT2D eigenvalue weighted by atomic mass is 9.85. The van der Waals surface area contributed by atoms with E-state index in [1.165, 1.54) is 32.1 Å². The molecule has 1 aliphatic carbocycles. The van der Waals surface area contributed by atoms with Crippen LogP contribution in [0.4, 0.5) is 0 Å². The molecule has 18 heavy (non-hydrogen) atoms. The first-order valence-corrected chi connectivity index (χ1v) is 7.15. The average Bonchev–Trinajstić information content (AvgIpc) is 2.57. The van der Waals surface area contributed by atoms with E-state index in [0.29, 0.717) is 29.6 Å². The summed E-state index contributed by atoms with van der Waals surface area (Å²) in [5.74, 6) is 0.895. The third-order valence-electron chi connectivity index (χ3n) is 3.87. The van der Waals surface area contributed by atoms with Crippen LogP contribution in [-0.2, 0) is 18.3 Å². The lowest BCUT2D eigenvalue weighted by molar-refractivity contribution is -0.119. The quantitative estimate of drug-likeness (QED) is 0.838. The van der Waals surface area contributed by atoms with Crippen LogP contribution in [0.2, 0.25) is 5.02 Å². The Hall–Kier alpha value is -0.830. The van der Waals surface area contributed by atoms with E-state index in [1.54, 1.807) is 4.68 Å². The van der Waals surface area contributed by atoms with Crippen molar-refractivity contribution in [2.24, 2.45) is 13.0 Å². The van der Waals surface area contributed by atoms with Crippen molar-refractivity contribution in [2.75, 3.05) is 0 Å². The summed E-state index contributed by atoms with van der Waals surface area (Å²) in [6.07, 6.45) is 7.45. The first-order chi connectivity index (χ1) is 8.58. The lowest BCUT2D eigenvalue weighted by Gasteiger charge is -2.20. The molecule has 0 atom stereocenters. The van der Waals surface area contributed by atoms with Crippen LogP contribution in [0, 0.1) is 12.8 Å². The summed E-state index contributed by atoms with van der Waals surface area (Å²) < 4.78 is 1.73. The Bertz CT molecular complexity index is 433. The van der Waals surface area contributed by atoms with E-state index in [2.05, 4.69) is 5.10 Å². The summed E-state index contributed by atoms with van der Waals surface area (Å²) in [5, 5.41) is 4.89. The summed E-state index contributed by atoms with van der Waals surface area (Å²) in [6.45, 7) is 1.87. The van der Waals surface area contributed by atoms with Gasteiger partial charge in [-0.15, -0.1) is 0 Å². The molecule has 1 fully saturated rings. The Balaban J connectivity index is 1.94. The van der Waals surface area contributed by atoms with Crippen molar-refractivity contribution in [3.05, 3.63) is 16.4 Å². The smallest absolute Gasteiger partial charge is 0.139 e. The van der Waals surface area contributed by atoms with E-state index >= 15 is 0 Å². The fourth-order valence-corrected chi connectivity index (χ4v) is 3.07. The van der Waals surface area contributed by atoms with Gasteiger partial charge < -0.3 is 0 Å². The molecule has 0 unspecified atom stereocenters. The number of Topliss-reactive ketones (excluding diaryl/α,β-unsaturated/α-hetero) is 1. The molecule has 0 spiro atoms. The molecule has 1 aliphatic rings. The Kier molecular flexibility index (Phi) is 4.44. The standard InChI is InChI=1S/C14H21ClN2O/c1-10-14(15)13(17(2)16-10)9-12(18)8-11-6-4-3-5-7-11/h11H,3-9H2,1-2H3. The molecule has 0 saturated heterocycles. The predicted octanol–water partition coefficient (Wildman–Crippen LogP) is 3.46. The Labute approximate surface area is 114 Å². The van der Waals surface area contributed by atoms with E-state index in [0.717, 1.165) is 11.4 Å². The van der Waals surface area contributed by atoms with Gasteiger partial charge in [0.1, 0.15) is 5.78 Å². The molecule has 4 heteroatoms. The molecule has 0 amide bonds. The number of aromatic nitrogens is 2. The number of hydrogen-bond acceptors (Lipinski definition) is 2. The van der Waals surface area contributed by atoms with Gasteiger partial charge in [0.15, 0.2) is 0 Å². The van der Waals surface area contributed by atoms with Crippen molar-refractivity contribution >= 4 is 17.4 Å². The highest BCUT2D eigenvalue weighted by Gasteiger charge is 2.20. The average molecular weight is 269 g/mol. The van der Waals surface area contributed by atoms with Crippen molar-refractivity contribution in [1.82, 2.24) is 9.78 Å². The molecule has 0 bridgehead atoms. The maximum absolute atomic E-state index is 12.1. The third kappa shape index (κ3) is 3.14. The lowest BCUT2D eigenvalue weighted by Crippen LogP contribution is -2.15. The van der Waals surface area contributed by atoms with E-state index in [1.807, 2.05) is 14.0 Å². The van der Waals surface area contributed by atoms with Crippen molar-refractivity contribution in [3.8, 4) is 0 Å². The molecule has 0 N–H and O–H groups in total. The molecular weight excluding hydrogens is 248 g/mol. The first-order valence-electron chi connectivity index (χ1n) is 6.77. The van der Waals surface area contributed by atoms with Crippen LogP contribution < -0.4 is 0 Å². The number of aryl methyl sites for hydroxylation is 2. The van der Waals surface area contributed by atoms with Crippen molar-refractivity contribution in [2.45, 2.75) is 51.9 Å². The number of ketones is 1. The number of nitrogens with zero attached hydrogens (tertiary/aromatic N) is 2. The molecule has 1 aromatic heterocycles. The number of carbonyl (C=O) groups is 1. The topological polar surface area (TPSA) is 34.9 Å². The molecule has 2 rings (SSSR count). The van der Waals surface area contributed by atoms with E-state index in [-0.39, 0.29) is 0 Å². The van der Waals surface area contributed by atoms with Gasteiger partial charge in [-0.05, 0) is 12.8 Å². The van der Waals surface area contributed by atoms with Gasteiger partial charge in [-0.25, -0.2) is 0 Å². The van der Waals surface area contributed by atoms with Crippen LogP contribution in [0.25, 0.3) is 0 Å². The van der Waals surface area contributed by atoms with E-state index < -0.39 is 0 Å². The largest absolute Gasteiger partial charge is 0.299 e. The van der Waals surface area contributed by atoms with Crippen LogP contribution in [0.15, 0.2) is 0 Å². The van der Waals surface area contributed by atoms with Crippen LogP contribution in [0.3, 0.4) is 0 Å². The minimum absolute atomic E-state index is 0.298. The zero-order valence-corrected chi connectivity index (χ0v) is 12.0. The number of halogens is 1. The fourth-order valence-electron chi connectivity index (χ4n) is 2.84. The molecule has 0 radical (unpaired) electrons. The summed E-state index contributed by atoms with van der Waals surface area (Å²) in [6, 6.07) is 0. The summed E-state index contributed by atoms with van der Waals surface area (Å²) in [7, 11) is 1.85. The van der Waals surface area contributed by atoms with Gasteiger partial charge in [-0.1, -0.05) is 43.7 Å². The SMILES string of the molecule is Cc1nn(C)c(CC(=O)CC2CCCCC2)c1Cl. The zero-order valence-electron chi connectivity index (χ0n) is 11.2. The minimum Gasteiger partial charge on any atom is -0.299 e. The van der Waals surface area contributed by atoms with Gasteiger partial charge >= 0.3 is 0 Å². The molecule has 0 aliphatic heterocycles. The first kappa shape index (κ1) is 13.6. The highest BCUT2D eigenvalue weighted by molar-refractivity contribution is 6.32. The van der Waals surface area contributed by atoms with Crippen LogP contribution in [-0.4, -0.2) is 15.6 Å². The maximum atomic E-state index is 12.1. The second-order valence-corrected chi connectivity index (χ2v) is 5.77. The molecule has 1 saturated carbocycles. The van der Waals surface area contributed by atoms with E-state index in [9.17, 15) is 4.79 Å². The molecule has 1 aromatic rings. The summed E-state index contributed by atoms with van der Waals surface area (Å²) in [4.78, 5) is 12.1. The molecule has 1 heterocycles. The Morgan fingerprint density at radius 1 is 1.39 bits per heavy atom. The van der Waals surface area contributed by atoms with Gasteiger partial charge in [0.05, 0.1) is 16.4 Å². The van der Waals surface area contributed by atoms with Gasteiger partial charge in [-0.2, -0.15) is 5.10 Å². The predicted molar refractivity (Wildman–Crippen MR) is 72.9 cm³/mol. The molecule has 0 aromatic carbocycles. The number of rotatable bonds is 4. The number of hydrogen-bond donors (Lipinski definition) is 0. The normalized spacial score (nSPS) is 17.1. The third-order valence-corrected chi connectivity index (χ3v) is 4.36. The minimum atomic E-state index is 0.298. The number of carbonyl (C=O) groups excluding carboxylic acids is 1. The molecule has 100 valence electrons. The fraction of sp³-hybridized carbons (Fsp3) is 0.714. The maximum Gasteiger partial charge on any atom is 0.139 e. The zero-order chi connectivity index (χ0) is 13.1. The summed E-state index contributed by atoms with van der Waals surface area (Å²) in [5.41, 5.74) is 1.66. The second-order valence-electron chi connectivity index (χ2n) is 5.39. The van der Waals surface area contributed by atoms with Crippen molar-refractivity contribution in [3.63, 3.8) is 0 Å². The monoisotopic (exact) mass is 268 g/mol. The van der Waals surface area contributed by atoms with Gasteiger partial charge in [0, 0.05) is 19.9 Å². The van der Waals surface area contributed by atoms with Crippen molar-refractivity contribution < 1.29 is 4.79 Å². The van der Waals surface area contributed by atoms with Crippen molar-refractivity contribution in [1.29, 1.82) is 0 Å². The van der Waals surface area contributed by atoms with Gasteiger partial charge in [0.25, 0.3) is 0 Å². The highest BCUT2D eigenvalue weighted by Crippen LogP contribution is 2.27. The molecule has 3 nitrogen and oxygen atoms in total. The van der Waals surface area contributed by atoms with Crippen LogP contribution in [0.5, 0.6) is 0 Å². The summed E-state index contributed by atoms with van der Waals surface area (Å²) >= 11 is 6.17. The van der Waals surface area contributed by atoms with Crippen LogP contribution in [0.1, 0.15) is 49.9 Å². The Morgan fingerprint density at radius 2 is 2.06 bits per heavy atom.